The second-order valence-electron chi connectivity index (χ2n) is 5.44. The molecule has 0 radical (unpaired) electrons. The summed E-state index contributed by atoms with van der Waals surface area (Å²) < 4.78 is 4.88. The Bertz CT molecular complexity index is 462. The van der Waals surface area contributed by atoms with Gasteiger partial charge in [0.15, 0.2) is 5.82 Å². The average Bonchev–Trinajstić information content (AvgIpc) is 2.67. The van der Waals surface area contributed by atoms with Crippen molar-refractivity contribution in [2.24, 2.45) is 5.41 Å². The number of hydrogen-bond acceptors (Lipinski definition) is 5. The fourth-order valence-electron chi connectivity index (χ4n) is 1.54. The van der Waals surface area contributed by atoms with E-state index in [2.05, 4.69) is 15.5 Å². The van der Waals surface area contributed by atoms with Gasteiger partial charge < -0.3 is 14.9 Å². The molecule has 2 N–H and O–H groups in total. The number of carbonyl (C=O) groups is 2. The molecule has 19 heavy (non-hydrogen) atoms. The molecule has 0 aliphatic rings. The lowest BCUT2D eigenvalue weighted by atomic mass is 9.86. The van der Waals surface area contributed by atoms with Crippen LogP contribution in [-0.2, 0) is 16.0 Å². The van der Waals surface area contributed by atoms with Gasteiger partial charge in [0.05, 0.1) is 0 Å². The number of aliphatic carboxylic acids is 1. The SMILES string of the molecule is Cc1noc(CCC(=O)N[C@@H](C(=O)O)C(C)(C)C)n1. The van der Waals surface area contributed by atoms with Gasteiger partial charge in [-0.3, -0.25) is 4.79 Å². The van der Waals surface area contributed by atoms with E-state index in [0.717, 1.165) is 0 Å². The number of aryl methyl sites for hydroxylation is 2. The van der Waals surface area contributed by atoms with E-state index in [0.29, 0.717) is 18.1 Å². The van der Waals surface area contributed by atoms with E-state index < -0.39 is 17.4 Å². The normalized spacial score (nSPS) is 13.1. The Morgan fingerprint density at radius 3 is 2.47 bits per heavy atom. The van der Waals surface area contributed by atoms with E-state index in [4.69, 9.17) is 9.63 Å². The molecule has 0 aromatic carbocycles. The highest BCUT2D eigenvalue weighted by molar-refractivity contribution is 5.84. The summed E-state index contributed by atoms with van der Waals surface area (Å²) in [6.45, 7) is 6.96. The van der Waals surface area contributed by atoms with E-state index in [1.54, 1.807) is 27.7 Å². The largest absolute Gasteiger partial charge is 0.480 e. The minimum absolute atomic E-state index is 0.113. The second-order valence-corrected chi connectivity index (χ2v) is 5.44. The van der Waals surface area contributed by atoms with Crippen molar-refractivity contribution in [2.45, 2.75) is 46.6 Å². The summed E-state index contributed by atoms with van der Waals surface area (Å²) in [6.07, 6.45) is 0.407. The van der Waals surface area contributed by atoms with Crippen LogP contribution in [0.25, 0.3) is 0 Å². The highest BCUT2D eigenvalue weighted by Crippen LogP contribution is 2.19. The minimum atomic E-state index is -1.05. The Labute approximate surface area is 111 Å². The molecular weight excluding hydrogens is 250 g/mol. The minimum Gasteiger partial charge on any atom is -0.480 e. The molecule has 1 heterocycles. The molecule has 0 unspecified atom stereocenters. The summed E-state index contributed by atoms with van der Waals surface area (Å²) in [5, 5.41) is 15.2. The van der Waals surface area contributed by atoms with Crippen LogP contribution in [0.5, 0.6) is 0 Å². The van der Waals surface area contributed by atoms with Crippen molar-refractivity contribution in [3.05, 3.63) is 11.7 Å². The van der Waals surface area contributed by atoms with E-state index in [-0.39, 0.29) is 12.3 Å². The summed E-state index contributed by atoms with van der Waals surface area (Å²) in [5.41, 5.74) is -0.553. The summed E-state index contributed by atoms with van der Waals surface area (Å²) in [7, 11) is 0. The number of rotatable bonds is 5. The molecule has 0 aliphatic carbocycles. The molecule has 1 amide bonds. The maximum Gasteiger partial charge on any atom is 0.326 e. The zero-order valence-corrected chi connectivity index (χ0v) is 11.6. The highest BCUT2D eigenvalue weighted by atomic mass is 16.5. The molecule has 0 aliphatic heterocycles. The number of carboxylic acids is 1. The molecule has 7 heteroatoms. The zero-order chi connectivity index (χ0) is 14.6. The Kier molecular flexibility index (Phi) is 4.63. The van der Waals surface area contributed by atoms with Gasteiger partial charge in [-0.25, -0.2) is 4.79 Å². The summed E-state index contributed by atoms with van der Waals surface area (Å²) in [5.74, 6) is -0.517. The first-order chi connectivity index (χ1) is 8.70. The maximum atomic E-state index is 11.7. The number of carboxylic acid groups (broad SMARTS) is 1. The Hall–Kier alpha value is -1.92. The summed E-state index contributed by atoms with van der Waals surface area (Å²) >= 11 is 0. The second kappa shape index (κ2) is 5.81. The fraction of sp³-hybridized carbons (Fsp3) is 0.667. The number of hydrogen-bond donors (Lipinski definition) is 2. The molecule has 0 saturated carbocycles. The highest BCUT2D eigenvalue weighted by Gasteiger charge is 2.32. The van der Waals surface area contributed by atoms with Gasteiger partial charge in [-0.1, -0.05) is 25.9 Å². The van der Waals surface area contributed by atoms with Crippen LogP contribution in [0, 0.1) is 12.3 Å². The first-order valence-corrected chi connectivity index (χ1v) is 6.01. The molecule has 0 fully saturated rings. The number of nitrogens with zero attached hydrogens (tertiary/aromatic N) is 2. The Balaban J connectivity index is 2.52. The zero-order valence-electron chi connectivity index (χ0n) is 11.6. The van der Waals surface area contributed by atoms with Crippen molar-refractivity contribution in [2.75, 3.05) is 0 Å². The van der Waals surface area contributed by atoms with Crippen LogP contribution in [0.3, 0.4) is 0 Å². The predicted octanol–water partition coefficient (Wildman–Crippen LogP) is 0.926. The molecule has 0 bridgehead atoms. The van der Waals surface area contributed by atoms with Gasteiger partial charge in [0.2, 0.25) is 11.8 Å². The van der Waals surface area contributed by atoms with Gasteiger partial charge in [-0.15, -0.1) is 0 Å². The molecule has 1 atom stereocenters. The summed E-state index contributed by atoms with van der Waals surface area (Å²) in [6, 6.07) is -0.926. The van der Waals surface area contributed by atoms with Crippen molar-refractivity contribution >= 4 is 11.9 Å². The Morgan fingerprint density at radius 2 is 2.05 bits per heavy atom. The quantitative estimate of drug-likeness (QED) is 0.823. The van der Waals surface area contributed by atoms with Crippen molar-refractivity contribution in [1.82, 2.24) is 15.5 Å². The van der Waals surface area contributed by atoms with Gasteiger partial charge >= 0.3 is 5.97 Å². The van der Waals surface area contributed by atoms with E-state index >= 15 is 0 Å². The number of aromatic nitrogens is 2. The first kappa shape index (κ1) is 15.1. The van der Waals surface area contributed by atoms with E-state index in [1.807, 2.05) is 0 Å². The first-order valence-electron chi connectivity index (χ1n) is 6.01. The lowest BCUT2D eigenvalue weighted by molar-refractivity contribution is -0.144. The molecule has 1 aromatic rings. The van der Waals surface area contributed by atoms with Crippen LogP contribution in [0.4, 0.5) is 0 Å². The van der Waals surface area contributed by atoms with Gasteiger partial charge in [0.25, 0.3) is 0 Å². The van der Waals surface area contributed by atoms with Gasteiger partial charge in [-0.05, 0) is 12.3 Å². The topological polar surface area (TPSA) is 105 Å². The number of nitrogens with one attached hydrogen (secondary N) is 1. The van der Waals surface area contributed by atoms with Crippen LogP contribution in [0.2, 0.25) is 0 Å². The Morgan fingerprint density at radius 1 is 1.42 bits per heavy atom. The van der Waals surface area contributed by atoms with Crippen molar-refractivity contribution in [3.63, 3.8) is 0 Å². The maximum absolute atomic E-state index is 11.7. The standard InChI is InChI=1S/C12H19N3O4/c1-7-13-9(19-15-7)6-5-8(16)14-10(11(17)18)12(2,3)4/h10H,5-6H2,1-4H3,(H,14,16)(H,17,18)/t10-/m0/s1. The summed E-state index contributed by atoms with van der Waals surface area (Å²) in [4.78, 5) is 26.8. The van der Waals surface area contributed by atoms with Crippen LogP contribution in [0.15, 0.2) is 4.52 Å². The molecular formula is C12H19N3O4. The monoisotopic (exact) mass is 269 g/mol. The predicted molar refractivity (Wildman–Crippen MR) is 66.4 cm³/mol. The van der Waals surface area contributed by atoms with Crippen molar-refractivity contribution in [1.29, 1.82) is 0 Å². The molecule has 7 nitrogen and oxygen atoms in total. The lowest BCUT2D eigenvalue weighted by Gasteiger charge is -2.27. The third kappa shape index (κ3) is 4.69. The van der Waals surface area contributed by atoms with Crippen LogP contribution < -0.4 is 5.32 Å². The van der Waals surface area contributed by atoms with Crippen LogP contribution >= 0.6 is 0 Å². The van der Waals surface area contributed by atoms with Crippen LogP contribution in [-0.4, -0.2) is 33.2 Å². The third-order valence-electron chi connectivity index (χ3n) is 2.55. The molecule has 1 rings (SSSR count). The molecule has 0 spiro atoms. The third-order valence-corrected chi connectivity index (χ3v) is 2.55. The molecule has 106 valence electrons. The van der Waals surface area contributed by atoms with Gasteiger partial charge in [-0.2, -0.15) is 4.98 Å². The molecule has 1 aromatic heterocycles. The van der Waals surface area contributed by atoms with Gasteiger partial charge in [0.1, 0.15) is 6.04 Å². The van der Waals surface area contributed by atoms with Crippen LogP contribution in [0.1, 0.15) is 38.9 Å². The van der Waals surface area contributed by atoms with E-state index in [9.17, 15) is 9.59 Å². The average molecular weight is 269 g/mol. The number of carbonyl (C=O) groups excluding carboxylic acids is 1. The van der Waals surface area contributed by atoms with Gasteiger partial charge in [0, 0.05) is 12.8 Å². The van der Waals surface area contributed by atoms with Crippen molar-refractivity contribution < 1.29 is 19.2 Å². The lowest BCUT2D eigenvalue weighted by Crippen LogP contribution is -2.49. The van der Waals surface area contributed by atoms with Crippen molar-refractivity contribution in [3.8, 4) is 0 Å². The van der Waals surface area contributed by atoms with E-state index in [1.165, 1.54) is 0 Å². The fourth-order valence-corrected chi connectivity index (χ4v) is 1.54. The number of amides is 1. The molecule has 0 saturated heterocycles. The smallest absolute Gasteiger partial charge is 0.326 e.